The predicted octanol–water partition coefficient (Wildman–Crippen LogP) is 0.631. The van der Waals surface area contributed by atoms with Crippen molar-refractivity contribution in [3.8, 4) is 0 Å². The van der Waals surface area contributed by atoms with Gasteiger partial charge in [0.2, 0.25) is 11.8 Å². The number of nitrogens with one attached hydrogen (secondary N) is 1. The Kier molecular flexibility index (Phi) is 2.60. The second-order valence-electron chi connectivity index (χ2n) is 5.53. The largest absolute Gasteiger partial charge is 0.340 e. The summed E-state index contributed by atoms with van der Waals surface area (Å²) in [5.74, 6) is 0.0256. The van der Waals surface area contributed by atoms with Crippen LogP contribution in [0.15, 0.2) is 18.2 Å². The van der Waals surface area contributed by atoms with Gasteiger partial charge in [-0.2, -0.15) is 0 Å². The average molecular weight is 259 g/mol. The van der Waals surface area contributed by atoms with Crippen LogP contribution in [0.4, 0.5) is 5.69 Å². The fourth-order valence-electron chi connectivity index (χ4n) is 2.46. The molecule has 0 bridgehead atoms. The smallest absolute Gasteiger partial charge is 0.242 e. The minimum absolute atomic E-state index is 0.00204. The fraction of sp³-hybridized carbons (Fsp3) is 0.429. The summed E-state index contributed by atoms with van der Waals surface area (Å²) in [5.41, 5.74) is 8.18. The molecule has 0 atom stereocenters. The molecule has 19 heavy (non-hydrogen) atoms. The SMILES string of the molecule is CN(Cc1ccc2c(c1)CC(=O)N2)C(=O)C1(N)CC1. The van der Waals surface area contributed by atoms with Crippen molar-refractivity contribution in [1.82, 2.24) is 4.90 Å². The van der Waals surface area contributed by atoms with Crippen LogP contribution in [0.5, 0.6) is 0 Å². The van der Waals surface area contributed by atoms with Crippen molar-refractivity contribution in [2.75, 3.05) is 12.4 Å². The van der Waals surface area contributed by atoms with Gasteiger partial charge < -0.3 is 16.0 Å². The monoisotopic (exact) mass is 259 g/mol. The molecule has 5 heteroatoms. The van der Waals surface area contributed by atoms with Gasteiger partial charge in [0.15, 0.2) is 0 Å². The number of rotatable bonds is 3. The lowest BCUT2D eigenvalue weighted by Gasteiger charge is -2.21. The number of carbonyl (C=O) groups excluding carboxylic acids is 2. The number of benzene rings is 1. The van der Waals surface area contributed by atoms with Gasteiger partial charge in [0.05, 0.1) is 12.0 Å². The van der Waals surface area contributed by atoms with Crippen LogP contribution >= 0.6 is 0 Å². The van der Waals surface area contributed by atoms with E-state index < -0.39 is 5.54 Å². The van der Waals surface area contributed by atoms with Gasteiger partial charge in [0.1, 0.15) is 0 Å². The van der Waals surface area contributed by atoms with Crippen LogP contribution in [0, 0.1) is 0 Å². The molecule has 0 aromatic heterocycles. The van der Waals surface area contributed by atoms with Crippen molar-refractivity contribution in [1.29, 1.82) is 0 Å². The van der Waals surface area contributed by atoms with E-state index in [0.29, 0.717) is 13.0 Å². The second kappa shape index (κ2) is 4.06. The summed E-state index contributed by atoms with van der Waals surface area (Å²) in [4.78, 5) is 25.0. The highest BCUT2D eigenvalue weighted by atomic mass is 16.2. The van der Waals surface area contributed by atoms with Crippen LogP contribution in [-0.2, 0) is 22.6 Å². The molecule has 0 radical (unpaired) electrons. The highest BCUT2D eigenvalue weighted by molar-refractivity contribution is 5.99. The maximum atomic E-state index is 12.1. The molecule has 100 valence electrons. The van der Waals surface area contributed by atoms with Crippen LogP contribution in [0.3, 0.4) is 0 Å². The molecular formula is C14H17N3O2. The molecule has 5 nitrogen and oxygen atoms in total. The van der Waals surface area contributed by atoms with E-state index >= 15 is 0 Å². The van der Waals surface area contributed by atoms with Crippen molar-refractivity contribution in [3.63, 3.8) is 0 Å². The van der Waals surface area contributed by atoms with Crippen LogP contribution in [0.2, 0.25) is 0 Å². The van der Waals surface area contributed by atoms with Crippen molar-refractivity contribution in [3.05, 3.63) is 29.3 Å². The summed E-state index contributed by atoms with van der Waals surface area (Å²) in [7, 11) is 1.77. The molecule has 0 saturated heterocycles. The zero-order valence-corrected chi connectivity index (χ0v) is 10.9. The summed E-state index contributed by atoms with van der Waals surface area (Å²) in [6, 6.07) is 5.81. The van der Waals surface area contributed by atoms with Crippen LogP contribution < -0.4 is 11.1 Å². The van der Waals surface area contributed by atoms with E-state index in [-0.39, 0.29) is 11.8 Å². The minimum atomic E-state index is -0.622. The zero-order valence-electron chi connectivity index (χ0n) is 10.9. The Morgan fingerprint density at radius 3 is 2.89 bits per heavy atom. The summed E-state index contributed by atoms with van der Waals surface area (Å²) >= 11 is 0. The average Bonchev–Trinajstić information content (AvgIpc) is 2.99. The summed E-state index contributed by atoms with van der Waals surface area (Å²) in [6.45, 7) is 0.527. The second-order valence-corrected chi connectivity index (χ2v) is 5.53. The van der Waals surface area contributed by atoms with Gasteiger partial charge >= 0.3 is 0 Å². The summed E-state index contributed by atoms with van der Waals surface area (Å²) in [5, 5.41) is 2.80. The molecule has 1 fully saturated rings. The van der Waals surface area contributed by atoms with E-state index in [1.807, 2.05) is 18.2 Å². The van der Waals surface area contributed by atoms with Crippen molar-refractivity contribution >= 4 is 17.5 Å². The van der Waals surface area contributed by atoms with Crippen molar-refractivity contribution < 1.29 is 9.59 Å². The summed E-state index contributed by atoms with van der Waals surface area (Å²) < 4.78 is 0. The van der Waals surface area contributed by atoms with Crippen molar-refractivity contribution in [2.45, 2.75) is 31.3 Å². The maximum Gasteiger partial charge on any atom is 0.242 e. The van der Waals surface area contributed by atoms with Gasteiger partial charge in [-0.3, -0.25) is 9.59 Å². The number of amides is 2. The van der Waals surface area contributed by atoms with Crippen molar-refractivity contribution in [2.24, 2.45) is 5.73 Å². The Labute approximate surface area is 111 Å². The van der Waals surface area contributed by atoms with Gasteiger partial charge in [0, 0.05) is 19.3 Å². The van der Waals surface area contributed by atoms with Gasteiger partial charge in [-0.1, -0.05) is 12.1 Å². The quantitative estimate of drug-likeness (QED) is 0.836. The molecule has 2 amide bonds. The normalized spacial score (nSPS) is 18.7. The topological polar surface area (TPSA) is 75.4 Å². The number of fused-ring (bicyclic) bond motifs is 1. The molecule has 1 aliphatic carbocycles. The van der Waals surface area contributed by atoms with Gasteiger partial charge in [-0.25, -0.2) is 0 Å². The summed E-state index contributed by atoms with van der Waals surface area (Å²) in [6.07, 6.45) is 1.97. The first-order chi connectivity index (χ1) is 8.98. The molecule has 3 N–H and O–H groups in total. The Morgan fingerprint density at radius 2 is 2.21 bits per heavy atom. The van der Waals surface area contributed by atoms with Gasteiger partial charge in [0.25, 0.3) is 0 Å². The third-order valence-electron chi connectivity index (χ3n) is 3.78. The van der Waals surface area contributed by atoms with Crippen LogP contribution in [-0.4, -0.2) is 29.3 Å². The minimum Gasteiger partial charge on any atom is -0.340 e. The predicted molar refractivity (Wildman–Crippen MR) is 71.4 cm³/mol. The first-order valence-corrected chi connectivity index (χ1v) is 6.44. The number of likely N-dealkylation sites (N-methyl/N-ethyl adjacent to an activating group) is 1. The molecule has 3 rings (SSSR count). The number of hydrogen-bond acceptors (Lipinski definition) is 3. The zero-order chi connectivity index (χ0) is 13.6. The molecule has 1 heterocycles. The number of nitrogens with zero attached hydrogens (tertiary/aromatic N) is 1. The molecule has 0 spiro atoms. The van der Waals surface area contributed by atoms with E-state index in [0.717, 1.165) is 29.7 Å². The van der Waals surface area contributed by atoms with E-state index in [1.54, 1.807) is 11.9 Å². The highest BCUT2D eigenvalue weighted by Gasteiger charge is 2.47. The lowest BCUT2D eigenvalue weighted by atomic mass is 10.1. The van der Waals surface area contributed by atoms with Gasteiger partial charge in [-0.05, 0) is 30.0 Å². The van der Waals surface area contributed by atoms with E-state index in [1.165, 1.54) is 0 Å². The van der Waals surface area contributed by atoms with Crippen LogP contribution in [0.1, 0.15) is 24.0 Å². The lowest BCUT2D eigenvalue weighted by molar-refractivity contribution is -0.132. The molecule has 1 saturated carbocycles. The fourth-order valence-corrected chi connectivity index (χ4v) is 2.46. The first kappa shape index (κ1) is 12.2. The maximum absolute atomic E-state index is 12.1. The molecule has 1 aromatic rings. The first-order valence-electron chi connectivity index (χ1n) is 6.44. The third-order valence-corrected chi connectivity index (χ3v) is 3.78. The highest BCUT2D eigenvalue weighted by Crippen LogP contribution is 2.34. The Balaban J connectivity index is 1.72. The third kappa shape index (κ3) is 2.21. The van der Waals surface area contributed by atoms with E-state index in [2.05, 4.69) is 5.32 Å². The molecule has 1 aromatic carbocycles. The van der Waals surface area contributed by atoms with Crippen LogP contribution in [0.25, 0.3) is 0 Å². The molecule has 0 unspecified atom stereocenters. The molecule has 2 aliphatic rings. The van der Waals surface area contributed by atoms with E-state index in [9.17, 15) is 9.59 Å². The number of carbonyl (C=O) groups is 2. The number of anilines is 1. The standard InChI is InChI=1S/C14H17N3O2/c1-17(13(19)14(15)4-5-14)8-9-2-3-11-10(6-9)7-12(18)16-11/h2-3,6H,4-5,7-8,15H2,1H3,(H,16,18). The molecular weight excluding hydrogens is 242 g/mol. The lowest BCUT2D eigenvalue weighted by Crippen LogP contribution is -2.43. The number of hydrogen-bond donors (Lipinski definition) is 2. The Morgan fingerprint density at radius 1 is 1.47 bits per heavy atom. The number of nitrogens with two attached hydrogens (primary N) is 1. The Hall–Kier alpha value is -1.88. The Bertz CT molecular complexity index is 564. The van der Waals surface area contributed by atoms with Gasteiger partial charge in [-0.15, -0.1) is 0 Å². The molecule has 1 aliphatic heterocycles. The van der Waals surface area contributed by atoms with E-state index in [4.69, 9.17) is 5.73 Å².